The Hall–Kier alpha value is -3.19. The van der Waals surface area contributed by atoms with Crippen LogP contribution in [0.5, 0.6) is 0 Å². The van der Waals surface area contributed by atoms with E-state index in [4.69, 9.17) is 16.0 Å². The summed E-state index contributed by atoms with van der Waals surface area (Å²) in [6.07, 6.45) is 2.87. The number of nitrogens with one attached hydrogen (secondary N) is 2. The summed E-state index contributed by atoms with van der Waals surface area (Å²) in [4.78, 5) is 28.4. The van der Waals surface area contributed by atoms with E-state index in [2.05, 4.69) is 15.6 Å². The second-order valence-electron chi connectivity index (χ2n) is 5.27. The number of amides is 2. The molecule has 0 aliphatic heterocycles. The van der Waals surface area contributed by atoms with E-state index in [0.717, 1.165) is 6.07 Å². The summed E-state index contributed by atoms with van der Waals surface area (Å²) in [6.45, 7) is 0.226. The van der Waals surface area contributed by atoms with E-state index in [1.165, 1.54) is 36.7 Å². The van der Waals surface area contributed by atoms with Crippen molar-refractivity contribution in [1.29, 1.82) is 0 Å². The molecular formula is C18H13ClFN3O3. The molecule has 0 saturated heterocycles. The van der Waals surface area contributed by atoms with Crippen molar-refractivity contribution < 1.29 is 18.4 Å². The van der Waals surface area contributed by atoms with Gasteiger partial charge in [0.2, 0.25) is 0 Å². The summed E-state index contributed by atoms with van der Waals surface area (Å²) in [6, 6.07) is 10.1. The Morgan fingerprint density at radius 3 is 2.73 bits per heavy atom. The van der Waals surface area contributed by atoms with Crippen molar-refractivity contribution in [3.8, 4) is 0 Å². The Bertz CT molecular complexity index is 945. The second kappa shape index (κ2) is 7.79. The van der Waals surface area contributed by atoms with Crippen LogP contribution in [0.4, 0.5) is 10.1 Å². The lowest BCUT2D eigenvalue weighted by molar-refractivity contribution is 0.0948. The first-order valence-corrected chi connectivity index (χ1v) is 7.94. The SMILES string of the molecule is O=C(NCc1ccco1)c1ccnc(C(=O)Nc2ccc(F)c(Cl)c2)c1. The number of pyridine rings is 1. The van der Waals surface area contributed by atoms with Gasteiger partial charge in [0.15, 0.2) is 0 Å². The second-order valence-corrected chi connectivity index (χ2v) is 5.68. The minimum absolute atomic E-state index is 0.0381. The van der Waals surface area contributed by atoms with Gasteiger partial charge in [0, 0.05) is 17.4 Å². The van der Waals surface area contributed by atoms with E-state index in [1.54, 1.807) is 12.1 Å². The maximum absolute atomic E-state index is 13.2. The molecule has 0 atom stereocenters. The van der Waals surface area contributed by atoms with Gasteiger partial charge in [0.25, 0.3) is 11.8 Å². The van der Waals surface area contributed by atoms with E-state index < -0.39 is 11.7 Å². The molecule has 2 N–H and O–H groups in total. The topological polar surface area (TPSA) is 84.2 Å². The summed E-state index contributed by atoms with van der Waals surface area (Å²) >= 11 is 5.68. The highest BCUT2D eigenvalue weighted by molar-refractivity contribution is 6.31. The van der Waals surface area contributed by atoms with Crippen LogP contribution in [-0.2, 0) is 6.54 Å². The number of halogens is 2. The fourth-order valence-corrected chi connectivity index (χ4v) is 2.33. The molecule has 8 heteroatoms. The fourth-order valence-electron chi connectivity index (χ4n) is 2.15. The van der Waals surface area contributed by atoms with Gasteiger partial charge in [-0.3, -0.25) is 14.6 Å². The zero-order valence-corrected chi connectivity index (χ0v) is 14.1. The Morgan fingerprint density at radius 2 is 2.00 bits per heavy atom. The van der Waals surface area contributed by atoms with Gasteiger partial charge in [-0.25, -0.2) is 4.39 Å². The lowest BCUT2D eigenvalue weighted by Gasteiger charge is -2.07. The molecule has 2 aromatic heterocycles. The number of anilines is 1. The molecule has 0 spiro atoms. The predicted molar refractivity (Wildman–Crippen MR) is 93.5 cm³/mol. The fraction of sp³-hybridized carbons (Fsp3) is 0.0556. The first kappa shape index (κ1) is 17.6. The van der Waals surface area contributed by atoms with Crippen LogP contribution in [0.15, 0.2) is 59.3 Å². The number of nitrogens with zero attached hydrogens (tertiary/aromatic N) is 1. The Kier molecular flexibility index (Phi) is 5.28. The van der Waals surface area contributed by atoms with Gasteiger partial charge >= 0.3 is 0 Å². The zero-order chi connectivity index (χ0) is 18.5. The Balaban J connectivity index is 1.68. The summed E-state index contributed by atoms with van der Waals surface area (Å²) in [5, 5.41) is 5.12. The van der Waals surface area contributed by atoms with Crippen molar-refractivity contribution in [2.45, 2.75) is 6.54 Å². The number of aromatic nitrogens is 1. The Morgan fingerprint density at radius 1 is 1.15 bits per heavy atom. The molecule has 1 aromatic carbocycles. The lowest BCUT2D eigenvalue weighted by Crippen LogP contribution is -2.23. The molecule has 0 unspecified atom stereocenters. The van der Waals surface area contributed by atoms with E-state index in [9.17, 15) is 14.0 Å². The molecule has 6 nitrogen and oxygen atoms in total. The van der Waals surface area contributed by atoms with Crippen LogP contribution in [0, 0.1) is 5.82 Å². The number of rotatable bonds is 5. The summed E-state index contributed by atoms with van der Waals surface area (Å²) in [7, 11) is 0. The Labute approximate surface area is 153 Å². The van der Waals surface area contributed by atoms with E-state index in [0.29, 0.717) is 11.4 Å². The lowest BCUT2D eigenvalue weighted by atomic mass is 10.2. The largest absolute Gasteiger partial charge is 0.467 e. The van der Waals surface area contributed by atoms with Crippen LogP contribution in [0.25, 0.3) is 0 Å². The van der Waals surface area contributed by atoms with Gasteiger partial charge < -0.3 is 15.1 Å². The molecule has 3 rings (SSSR count). The number of carbonyl (C=O) groups is 2. The third-order valence-corrected chi connectivity index (χ3v) is 3.73. The first-order valence-electron chi connectivity index (χ1n) is 7.56. The molecule has 0 radical (unpaired) electrons. The average Bonchev–Trinajstić information content (AvgIpc) is 3.16. The minimum Gasteiger partial charge on any atom is -0.467 e. The van der Waals surface area contributed by atoms with E-state index >= 15 is 0 Å². The quantitative estimate of drug-likeness (QED) is 0.715. The predicted octanol–water partition coefficient (Wildman–Crippen LogP) is 3.65. The molecule has 0 aliphatic carbocycles. The van der Waals surface area contributed by atoms with Gasteiger partial charge in [-0.15, -0.1) is 0 Å². The monoisotopic (exact) mass is 373 g/mol. The molecule has 2 amide bonds. The number of hydrogen-bond donors (Lipinski definition) is 2. The van der Waals surface area contributed by atoms with Gasteiger partial charge in [-0.05, 0) is 42.5 Å². The highest BCUT2D eigenvalue weighted by atomic mass is 35.5. The van der Waals surface area contributed by atoms with E-state index in [1.807, 2.05) is 0 Å². The molecule has 0 aliphatic rings. The number of carbonyl (C=O) groups excluding carboxylic acids is 2. The van der Waals surface area contributed by atoms with Gasteiger partial charge in [-0.2, -0.15) is 0 Å². The number of furan rings is 1. The van der Waals surface area contributed by atoms with Crippen LogP contribution < -0.4 is 10.6 Å². The maximum Gasteiger partial charge on any atom is 0.274 e. The van der Waals surface area contributed by atoms with Crippen LogP contribution >= 0.6 is 11.6 Å². The van der Waals surface area contributed by atoms with Crippen molar-refractivity contribution in [2.75, 3.05) is 5.32 Å². The van der Waals surface area contributed by atoms with Crippen LogP contribution in [0.1, 0.15) is 26.6 Å². The smallest absolute Gasteiger partial charge is 0.274 e. The van der Waals surface area contributed by atoms with Gasteiger partial charge in [0.1, 0.15) is 17.3 Å². The third kappa shape index (κ3) is 4.25. The highest BCUT2D eigenvalue weighted by Crippen LogP contribution is 2.19. The van der Waals surface area contributed by atoms with Gasteiger partial charge in [-0.1, -0.05) is 11.6 Å². The summed E-state index contributed by atoms with van der Waals surface area (Å²) in [5.41, 5.74) is 0.626. The molecule has 132 valence electrons. The molecule has 0 saturated carbocycles. The van der Waals surface area contributed by atoms with Crippen molar-refractivity contribution in [2.24, 2.45) is 0 Å². The summed E-state index contributed by atoms with van der Waals surface area (Å²) in [5.74, 6) is -0.896. The molecule has 2 heterocycles. The molecule has 0 fully saturated rings. The number of hydrogen-bond acceptors (Lipinski definition) is 4. The van der Waals surface area contributed by atoms with Crippen LogP contribution in [0.2, 0.25) is 5.02 Å². The van der Waals surface area contributed by atoms with Gasteiger partial charge in [0.05, 0.1) is 17.8 Å². The van der Waals surface area contributed by atoms with Crippen molar-refractivity contribution in [1.82, 2.24) is 10.3 Å². The van der Waals surface area contributed by atoms with Crippen molar-refractivity contribution in [3.05, 3.63) is 82.8 Å². The maximum atomic E-state index is 13.2. The zero-order valence-electron chi connectivity index (χ0n) is 13.3. The highest BCUT2D eigenvalue weighted by Gasteiger charge is 2.13. The molecular weight excluding hydrogens is 361 g/mol. The third-order valence-electron chi connectivity index (χ3n) is 3.44. The number of benzene rings is 1. The summed E-state index contributed by atoms with van der Waals surface area (Å²) < 4.78 is 18.3. The van der Waals surface area contributed by atoms with Crippen LogP contribution in [-0.4, -0.2) is 16.8 Å². The molecule has 26 heavy (non-hydrogen) atoms. The van der Waals surface area contributed by atoms with Crippen molar-refractivity contribution >= 4 is 29.1 Å². The first-order chi connectivity index (χ1) is 12.5. The standard InChI is InChI=1S/C18H13ClFN3O3/c19-14-9-12(3-4-15(14)20)23-18(25)16-8-11(5-6-21-16)17(24)22-10-13-2-1-7-26-13/h1-9H,10H2,(H,22,24)(H,23,25). The minimum atomic E-state index is -0.585. The van der Waals surface area contributed by atoms with Crippen LogP contribution in [0.3, 0.4) is 0 Å². The molecule has 0 bridgehead atoms. The van der Waals surface area contributed by atoms with Crippen molar-refractivity contribution in [3.63, 3.8) is 0 Å². The average molecular weight is 374 g/mol. The molecule has 3 aromatic rings. The normalized spacial score (nSPS) is 10.4. The van der Waals surface area contributed by atoms with E-state index in [-0.39, 0.29) is 28.7 Å².